The third-order valence-electron chi connectivity index (χ3n) is 3.35. The standard InChI is InChI=1S/C17H20N2O4S/c1-13-6-4-9-16(10-13)23-12-17(20)18-14-7-5-8-15(11-14)19(2)24(3,21)22/h4-11H,12H2,1-3H3,(H,18,20). The Morgan fingerprint density at radius 1 is 1.17 bits per heavy atom. The van der Waals surface area contributed by atoms with Crippen molar-refractivity contribution in [3.63, 3.8) is 0 Å². The number of ether oxygens (including phenoxy) is 1. The van der Waals surface area contributed by atoms with Crippen LogP contribution in [0.1, 0.15) is 5.56 Å². The fourth-order valence-corrected chi connectivity index (χ4v) is 2.52. The monoisotopic (exact) mass is 348 g/mol. The van der Waals surface area contributed by atoms with E-state index >= 15 is 0 Å². The molecule has 128 valence electrons. The molecule has 2 rings (SSSR count). The molecule has 0 spiro atoms. The summed E-state index contributed by atoms with van der Waals surface area (Å²) >= 11 is 0. The summed E-state index contributed by atoms with van der Waals surface area (Å²) in [7, 11) is -1.90. The minimum absolute atomic E-state index is 0.129. The van der Waals surface area contributed by atoms with Gasteiger partial charge in [-0.05, 0) is 42.8 Å². The highest BCUT2D eigenvalue weighted by Crippen LogP contribution is 2.20. The molecule has 0 atom stereocenters. The zero-order valence-electron chi connectivity index (χ0n) is 13.8. The number of hydrogen-bond donors (Lipinski definition) is 1. The van der Waals surface area contributed by atoms with E-state index in [4.69, 9.17) is 4.74 Å². The van der Waals surface area contributed by atoms with Gasteiger partial charge < -0.3 is 10.1 Å². The first kappa shape index (κ1) is 17.8. The van der Waals surface area contributed by atoms with Crippen LogP contribution in [0.4, 0.5) is 11.4 Å². The number of carbonyl (C=O) groups is 1. The Kier molecular flexibility index (Phi) is 5.46. The number of anilines is 2. The molecule has 0 aromatic heterocycles. The Hall–Kier alpha value is -2.54. The average Bonchev–Trinajstić information content (AvgIpc) is 2.52. The number of nitrogens with zero attached hydrogens (tertiary/aromatic N) is 1. The fourth-order valence-electron chi connectivity index (χ4n) is 2.02. The van der Waals surface area contributed by atoms with E-state index in [0.717, 1.165) is 16.1 Å². The van der Waals surface area contributed by atoms with Crippen molar-refractivity contribution in [1.29, 1.82) is 0 Å². The molecule has 2 aromatic rings. The summed E-state index contributed by atoms with van der Waals surface area (Å²) in [4.78, 5) is 12.0. The minimum Gasteiger partial charge on any atom is -0.484 e. The SMILES string of the molecule is Cc1cccc(OCC(=O)Nc2cccc(N(C)S(C)(=O)=O)c2)c1. The fraction of sp³-hybridized carbons (Fsp3) is 0.235. The number of carbonyl (C=O) groups excluding carboxylic acids is 1. The third kappa shape index (κ3) is 4.99. The number of benzene rings is 2. The summed E-state index contributed by atoms with van der Waals surface area (Å²) < 4.78 is 29.7. The van der Waals surface area contributed by atoms with E-state index in [1.54, 1.807) is 30.3 Å². The second-order valence-corrected chi connectivity index (χ2v) is 7.45. The van der Waals surface area contributed by atoms with E-state index in [1.807, 2.05) is 25.1 Å². The number of sulfonamides is 1. The molecule has 0 heterocycles. The highest BCUT2D eigenvalue weighted by Gasteiger charge is 2.12. The summed E-state index contributed by atoms with van der Waals surface area (Å²) in [6, 6.07) is 14.0. The van der Waals surface area contributed by atoms with Crippen molar-refractivity contribution in [2.45, 2.75) is 6.92 Å². The van der Waals surface area contributed by atoms with E-state index in [-0.39, 0.29) is 12.5 Å². The quantitative estimate of drug-likeness (QED) is 0.870. The van der Waals surface area contributed by atoms with Crippen molar-refractivity contribution in [2.75, 3.05) is 29.5 Å². The number of rotatable bonds is 6. The molecule has 0 saturated carbocycles. The molecule has 2 aromatic carbocycles. The smallest absolute Gasteiger partial charge is 0.262 e. The van der Waals surface area contributed by atoms with Crippen LogP contribution in [-0.2, 0) is 14.8 Å². The van der Waals surface area contributed by atoms with Gasteiger partial charge in [0.2, 0.25) is 10.0 Å². The molecular weight excluding hydrogens is 328 g/mol. The number of nitrogens with one attached hydrogen (secondary N) is 1. The van der Waals surface area contributed by atoms with Crippen LogP contribution in [-0.4, -0.2) is 34.2 Å². The van der Waals surface area contributed by atoms with Gasteiger partial charge in [0.25, 0.3) is 5.91 Å². The molecule has 0 radical (unpaired) electrons. The zero-order chi connectivity index (χ0) is 17.7. The van der Waals surface area contributed by atoms with Crippen molar-refractivity contribution in [3.8, 4) is 5.75 Å². The molecule has 0 aliphatic carbocycles. The molecule has 7 heteroatoms. The van der Waals surface area contributed by atoms with Gasteiger partial charge in [-0.3, -0.25) is 9.10 Å². The van der Waals surface area contributed by atoms with E-state index < -0.39 is 10.0 Å². The normalized spacial score (nSPS) is 11.0. The van der Waals surface area contributed by atoms with Crippen molar-refractivity contribution >= 4 is 27.3 Å². The zero-order valence-corrected chi connectivity index (χ0v) is 14.6. The molecule has 0 aliphatic rings. The van der Waals surface area contributed by atoms with Gasteiger partial charge in [0.1, 0.15) is 5.75 Å². The minimum atomic E-state index is -3.36. The second-order valence-electron chi connectivity index (χ2n) is 5.43. The van der Waals surface area contributed by atoms with Gasteiger partial charge in [-0.1, -0.05) is 18.2 Å². The Morgan fingerprint density at radius 2 is 1.88 bits per heavy atom. The van der Waals surface area contributed by atoms with Crippen molar-refractivity contribution < 1.29 is 17.9 Å². The topological polar surface area (TPSA) is 75.7 Å². The van der Waals surface area contributed by atoms with Crippen LogP contribution in [0.25, 0.3) is 0 Å². The van der Waals surface area contributed by atoms with Crippen LogP contribution in [0.5, 0.6) is 5.75 Å². The number of hydrogen-bond acceptors (Lipinski definition) is 4. The molecule has 0 fully saturated rings. The van der Waals surface area contributed by atoms with Gasteiger partial charge in [-0.25, -0.2) is 8.42 Å². The third-order valence-corrected chi connectivity index (χ3v) is 4.56. The van der Waals surface area contributed by atoms with Crippen molar-refractivity contribution in [2.24, 2.45) is 0 Å². The molecule has 6 nitrogen and oxygen atoms in total. The highest BCUT2D eigenvalue weighted by molar-refractivity contribution is 7.92. The van der Waals surface area contributed by atoms with Gasteiger partial charge >= 0.3 is 0 Å². The van der Waals surface area contributed by atoms with Crippen LogP contribution in [0.15, 0.2) is 48.5 Å². The molecule has 0 bridgehead atoms. The first-order valence-corrected chi connectivity index (χ1v) is 9.14. The average molecular weight is 348 g/mol. The Labute approximate surface area is 142 Å². The van der Waals surface area contributed by atoms with Crippen LogP contribution in [0, 0.1) is 6.92 Å². The molecule has 1 amide bonds. The van der Waals surface area contributed by atoms with Gasteiger partial charge in [0, 0.05) is 12.7 Å². The number of aryl methyl sites for hydroxylation is 1. The van der Waals surface area contributed by atoms with Crippen molar-refractivity contribution in [3.05, 3.63) is 54.1 Å². The largest absolute Gasteiger partial charge is 0.484 e. The predicted octanol–water partition coefficient (Wildman–Crippen LogP) is 2.41. The molecule has 24 heavy (non-hydrogen) atoms. The lowest BCUT2D eigenvalue weighted by atomic mass is 10.2. The lowest BCUT2D eigenvalue weighted by Gasteiger charge is -2.17. The molecule has 0 saturated heterocycles. The molecule has 1 N–H and O–H groups in total. The maximum absolute atomic E-state index is 12.0. The summed E-state index contributed by atoms with van der Waals surface area (Å²) in [5, 5.41) is 2.69. The van der Waals surface area contributed by atoms with Crippen LogP contribution in [0.2, 0.25) is 0 Å². The summed E-state index contributed by atoms with van der Waals surface area (Å²) in [6.07, 6.45) is 1.12. The van der Waals surface area contributed by atoms with Crippen LogP contribution < -0.4 is 14.4 Å². The maximum Gasteiger partial charge on any atom is 0.262 e. The van der Waals surface area contributed by atoms with Crippen LogP contribution in [0.3, 0.4) is 0 Å². The van der Waals surface area contributed by atoms with E-state index in [2.05, 4.69) is 5.32 Å². The lowest BCUT2D eigenvalue weighted by Crippen LogP contribution is -2.25. The summed E-state index contributed by atoms with van der Waals surface area (Å²) in [5.74, 6) is 0.298. The lowest BCUT2D eigenvalue weighted by molar-refractivity contribution is -0.118. The number of amides is 1. The predicted molar refractivity (Wildman–Crippen MR) is 95.0 cm³/mol. The molecule has 0 aliphatic heterocycles. The van der Waals surface area contributed by atoms with E-state index in [9.17, 15) is 13.2 Å². The first-order valence-electron chi connectivity index (χ1n) is 7.29. The Balaban J connectivity index is 1.99. The molecule has 0 unspecified atom stereocenters. The maximum atomic E-state index is 12.0. The van der Waals surface area contributed by atoms with Gasteiger partial charge in [-0.2, -0.15) is 0 Å². The van der Waals surface area contributed by atoms with Gasteiger partial charge in [0.05, 0.1) is 11.9 Å². The summed E-state index contributed by atoms with van der Waals surface area (Å²) in [5.41, 5.74) is 2.01. The Morgan fingerprint density at radius 3 is 2.54 bits per heavy atom. The highest BCUT2D eigenvalue weighted by atomic mass is 32.2. The van der Waals surface area contributed by atoms with E-state index in [1.165, 1.54) is 7.05 Å². The van der Waals surface area contributed by atoms with E-state index in [0.29, 0.717) is 17.1 Å². The van der Waals surface area contributed by atoms with Crippen LogP contribution >= 0.6 is 0 Å². The Bertz CT molecular complexity index is 834. The van der Waals surface area contributed by atoms with Gasteiger partial charge in [0.15, 0.2) is 6.61 Å². The van der Waals surface area contributed by atoms with Crippen molar-refractivity contribution in [1.82, 2.24) is 0 Å². The summed E-state index contributed by atoms with van der Waals surface area (Å²) in [6.45, 7) is 1.81. The first-order chi connectivity index (χ1) is 11.3. The molecular formula is C17H20N2O4S. The second kappa shape index (κ2) is 7.35. The van der Waals surface area contributed by atoms with Gasteiger partial charge in [-0.15, -0.1) is 0 Å².